The number of nitrogens with two attached hydrogens (primary N) is 2. The van der Waals surface area contributed by atoms with Crippen molar-refractivity contribution < 1.29 is 74.8 Å². The first kappa shape index (κ1) is 60.3. The quantitative estimate of drug-likeness (QED) is 0.0455. The number of halogens is 2. The van der Waals surface area contributed by atoms with Crippen LogP contribution in [0.5, 0.6) is 11.5 Å². The molecule has 8 N–H and O–H groups in total. The SMILES string of the molecule is CC(C)OC(=O)[C@H](C)NP(=O)(OC[C@H]1O[C@@](C#N)(n2ncc3c(N)ncnc32)[C@](C)(F)[C@@H]1O)Oc1ccccc1.CC(C)OC(=O)[C@H](C)NP(=O)(OC[C@H]1O[C@@](C#N)(n2ncc3c(N)ncnc32)[C@](C)(F)[C@@H]1O)Oc1ccccc1. The summed E-state index contributed by atoms with van der Waals surface area (Å²) in [5.74, 6) is -1.09. The molecule has 32 heteroatoms. The third-order valence-electron chi connectivity index (χ3n) is 12.3. The predicted molar refractivity (Wildman–Crippen MR) is 276 cm³/mol. The molecule has 0 radical (unpaired) electrons. The van der Waals surface area contributed by atoms with Crippen LogP contribution in [0.4, 0.5) is 20.4 Å². The number of carbonyl (C=O) groups excluding carboxylic acids is 2. The van der Waals surface area contributed by atoms with Crippen molar-refractivity contribution in [3.63, 3.8) is 0 Å². The van der Waals surface area contributed by atoms with Gasteiger partial charge >= 0.3 is 27.4 Å². The highest BCUT2D eigenvalue weighted by molar-refractivity contribution is 7.52. The number of fused-ring (bicyclic) bond motifs is 2. The number of nitrogen functional groups attached to an aromatic ring is 2. The van der Waals surface area contributed by atoms with E-state index in [1.54, 1.807) is 76.2 Å². The summed E-state index contributed by atoms with van der Waals surface area (Å²) < 4.78 is 106. The highest BCUT2D eigenvalue weighted by atomic mass is 31.2. The van der Waals surface area contributed by atoms with Gasteiger partial charge in [0.25, 0.3) is 11.4 Å². The molecule has 4 aromatic heterocycles. The molecular weight excluding hydrogens is 1100 g/mol. The molecule has 2 fully saturated rings. The zero-order valence-electron chi connectivity index (χ0n) is 44.2. The number of esters is 2. The summed E-state index contributed by atoms with van der Waals surface area (Å²) in [4.78, 5) is 40.5. The Labute approximate surface area is 455 Å². The third-order valence-corrected chi connectivity index (χ3v) is 15.6. The second kappa shape index (κ2) is 23.8. The van der Waals surface area contributed by atoms with E-state index in [0.29, 0.717) is 0 Å². The van der Waals surface area contributed by atoms with E-state index in [4.69, 9.17) is 48.5 Å². The van der Waals surface area contributed by atoms with E-state index in [0.717, 1.165) is 35.9 Å². The summed E-state index contributed by atoms with van der Waals surface area (Å²) in [6.45, 7) is 9.88. The Kier molecular flexibility index (Phi) is 17.9. The summed E-state index contributed by atoms with van der Waals surface area (Å²) in [6, 6.07) is 17.2. The highest BCUT2D eigenvalue weighted by Gasteiger charge is 2.69. The number of carbonyl (C=O) groups is 2. The van der Waals surface area contributed by atoms with E-state index < -0.39 is 112 Å². The van der Waals surface area contributed by atoms with Gasteiger partial charge in [0, 0.05) is 0 Å². The number of aliphatic hydroxyl groups is 2. The van der Waals surface area contributed by atoms with Crippen LogP contribution >= 0.6 is 15.5 Å². The van der Waals surface area contributed by atoms with Gasteiger partial charge in [-0.15, -0.1) is 0 Å². The number of hydrogen-bond acceptors (Lipinski definition) is 24. The Morgan fingerprint density at radius 1 is 0.675 bits per heavy atom. The van der Waals surface area contributed by atoms with E-state index in [1.807, 2.05) is 0 Å². The molecule has 6 heterocycles. The minimum atomic E-state index is -4.38. The second-order valence-electron chi connectivity index (χ2n) is 19.0. The number of aliphatic hydroxyl groups excluding tert-OH is 2. The van der Waals surface area contributed by atoms with E-state index in [2.05, 4.69) is 40.3 Å². The molecule has 8 rings (SSSR count). The maximum absolute atomic E-state index is 16.2. The van der Waals surface area contributed by atoms with Gasteiger partial charge in [0.15, 0.2) is 22.6 Å². The lowest BCUT2D eigenvalue weighted by atomic mass is 9.90. The number of ether oxygens (including phenoxy) is 4. The molecule has 12 atom stereocenters. The van der Waals surface area contributed by atoms with Crippen LogP contribution in [0.25, 0.3) is 22.1 Å². The third kappa shape index (κ3) is 12.1. The number of nitrogens with one attached hydrogen (secondary N) is 2. The molecule has 2 aliphatic heterocycles. The van der Waals surface area contributed by atoms with Crippen molar-refractivity contribution in [2.75, 3.05) is 24.7 Å². The minimum Gasteiger partial charge on any atom is -0.462 e. The molecule has 80 heavy (non-hydrogen) atoms. The Morgan fingerprint density at radius 2 is 1.02 bits per heavy atom. The van der Waals surface area contributed by atoms with Gasteiger partial charge in [-0.05, 0) is 79.7 Å². The molecule has 2 unspecified atom stereocenters. The van der Waals surface area contributed by atoms with Crippen molar-refractivity contribution in [2.24, 2.45) is 0 Å². The molecule has 2 aromatic carbocycles. The fourth-order valence-corrected chi connectivity index (χ4v) is 11.2. The first-order valence-corrected chi connectivity index (χ1v) is 27.5. The van der Waals surface area contributed by atoms with Gasteiger partial charge in [-0.2, -0.15) is 40.3 Å². The summed E-state index contributed by atoms with van der Waals surface area (Å²) >= 11 is 0. The van der Waals surface area contributed by atoms with E-state index in [1.165, 1.54) is 50.5 Å². The molecule has 0 aliphatic carbocycles. The normalized spacial score (nSPS) is 26.8. The lowest BCUT2D eigenvalue weighted by Gasteiger charge is -2.31. The molecule has 0 spiro atoms. The van der Waals surface area contributed by atoms with Gasteiger partial charge in [-0.1, -0.05) is 36.4 Å². The molecular formula is C48H58F2N14O14P2. The maximum atomic E-state index is 16.2. The van der Waals surface area contributed by atoms with Crippen molar-refractivity contribution >= 4 is 61.1 Å². The maximum Gasteiger partial charge on any atom is 0.459 e. The number of nitrogens with zero attached hydrogens (tertiary/aromatic N) is 10. The molecule has 428 valence electrons. The van der Waals surface area contributed by atoms with E-state index in [9.17, 15) is 39.5 Å². The number of hydrogen-bond donors (Lipinski definition) is 6. The molecule has 0 bridgehead atoms. The first-order valence-electron chi connectivity index (χ1n) is 24.4. The average Bonchev–Trinajstić information content (AvgIpc) is 4.15. The summed E-state index contributed by atoms with van der Waals surface area (Å²) in [5.41, 5.74) is 1.11. The Hall–Kier alpha value is -7.34. The molecule has 0 amide bonds. The van der Waals surface area contributed by atoms with Crippen molar-refractivity contribution in [1.82, 2.24) is 49.7 Å². The van der Waals surface area contributed by atoms with Crippen LogP contribution in [0.15, 0.2) is 85.7 Å². The van der Waals surface area contributed by atoms with Gasteiger partial charge in [-0.25, -0.2) is 37.8 Å². The summed E-state index contributed by atoms with van der Waals surface area (Å²) in [5, 5.41) is 55.6. The number of anilines is 2. The van der Waals surface area contributed by atoms with E-state index in [-0.39, 0.29) is 45.2 Å². The zero-order chi connectivity index (χ0) is 58.6. The summed E-state index contributed by atoms with van der Waals surface area (Å²) in [6.07, 6.45) is -3.18. The number of nitriles is 2. The fraction of sp³-hybridized carbons (Fsp3) is 0.458. The number of alkyl halides is 2. The van der Waals surface area contributed by atoms with Gasteiger partial charge in [0.05, 0.1) is 48.6 Å². The van der Waals surface area contributed by atoms with Crippen LogP contribution < -0.4 is 30.7 Å². The van der Waals surface area contributed by atoms with E-state index >= 15 is 8.78 Å². The lowest BCUT2D eigenvalue weighted by Crippen LogP contribution is -2.52. The second-order valence-corrected chi connectivity index (χ2v) is 22.4. The van der Waals surface area contributed by atoms with Crippen molar-refractivity contribution in [1.29, 1.82) is 10.5 Å². The van der Waals surface area contributed by atoms with Crippen LogP contribution in [0.3, 0.4) is 0 Å². The lowest BCUT2D eigenvalue weighted by molar-refractivity contribution is -0.150. The highest BCUT2D eigenvalue weighted by Crippen LogP contribution is 2.52. The Balaban J connectivity index is 0.000000231. The van der Waals surface area contributed by atoms with Crippen LogP contribution in [-0.2, 0) is 58.2 Å². The number of aromatic nitrogens is 8. The topological polar surface area (TPSA) is 393 Å². The standard InChI is InChI=1S/2C24H29FN7O7P/c2*1-14(2)37-22(34)15(3)31-40(35,39-16-8-6-5-7-9-16)36-11-18-19(33)23(4,25)24(12-26,38-18)32-21-17(10-30-32)20(27)28-13-29-21/h2*5-10,13-15,18-19,33H,11H2,1-4H3,(H,31,35)(H2,27,28,29)/t2*15-,18+,19+,23+,24+,40?/m00/s1. The molecule has 2 aliphatic rings. The van der Waals surface area contributed by atoms with Gasteiger partial charge in [0.2, 0.25) is 0 Å². The van der Waals surface area contributed by atoms with Crippen LogP contribution in [0.1, 0.15) is 55.4 Å². The predicted octanol–water partition coefficient (Wildman–Crippen LogP) is 4.41. The monoisotopic (exact) mass is 1150 g/mol. The Morgan fingerprint density at radius 3 is 1.35 bits per heavy atom. The van der Waals surface area contributed by atoms with Crippen LogP contribution in [0, 0.1) is 22.7 Å². The molecule has 2 saturated heterocycles. The van der Waals surface area contributed by atoms with Crippen LogP contribution in [-0.4, -0.2) is 135 Å². The smallest absolute Gasteiger partial charge is 0.459 e. The van der Waals surface area contributed by atoms with Crippen molar-refractivity contribution in [3.05, 3.63) is 85.7 Å². The largest absolute Gasteiger partial charge is 0.462 e. The number of rotatable bonds is 20. The van der Waals surface area contributed by atoms with Crippen molar-refractivity contribution in [2.45, 2.75) is 127 Å². The number of para-hydroxylation sites is 2. The van der Waals surface area contributed by atoms with Gasteiger partial charge in [-0.3, -0.25) is 18.6 Å². The zero-order valence-corrected chi connectivity index (χ0v) is 46.0. The molecule has 28 nitrogen and oxygen atoms in total. The van der Waals surface area contributed by atoms with Gasteiger partial charge < -0.3 is 49.7 Å². The minimum absolute atomic E-state index is 0.0102. The molecule has 0 saturated carbocycles. The van der Waals surface area contributed by atoms with Crippen LogP contribution in [0.2, 0.25) is 0 Å². The number of benzene rings is 2. The first-order chi connectivity index (χ1) is 37.7. The molecule has 6 aromatic rings. The Bertz CT molecular complexity index is 3150. The summed E-state index contributed by atoms with van der Waals surface area (Å²) in [7, 11) is -8.76. The fourth-order valence-electron chi connectivity index (χ4n) is 8.22. The average molecular weight is 1160 g/mol. The van der Waals surface area contributed by atoms with Gasteiger partial charge in [0.1, 0.15) is 84.4 Å². The van der Waals surface area contributed by atoms with Crippen molar-refractivity contribution in [3.8, 4) is 23.6 Å².